The molecule has 0 spiro atoms. The molecule has 114 valence electrons. The first-order chi connectivity index (χ1) is 9.90. The van der Waals surface area contributed by atoms with Crippen LogP contribution in [-0.4, -0.2) is 41.4 Å². The molecule has 0 unspecified atom stereocenters. The van der Waals surface area contributed by atoms with E-state index in [2.05, 4.69) is 0 Å². The first-order valence-corrected chi connectivity index (χ1v) is 6.67. The van der Waals surface area contributed by atoms with E-state index in [-0.39, 0.29) is 36.0 Å². The Labute approximate surface area is 126 Å². The van der Waals surface area contributed by atoms with Crippen LogP contribution in [0.2, 0.25) is 5.02 Å². The summed E-state index contributed by atoms with van der Waals surface area (Å²) < 4.78 is 4.77. The van der Waals surface area contributed by atoms with Gasteiger partial charge in [0.2, 0.25) is 0 Å². The van der Waals surface area contributed by atoms with E-state index in [1.54, 1.807) is 13.8 Å². The van der Waals surface area contributed by atoms with E-state index in [1.165, 1.54) is 12.1 Å². The molecular weight excluding hydrogens is 300 g/mol. The summed E-state index contributed by atoms with van der Waals surface area (Å²) in [4.78, 5) is 35.3. The topological polar surface area (TPSA) is 89.8 Å². The van der Waals surface area contributed by atoms with Crippen LogP contribution >= 0.6 is 11.6 Å². The van der Waals surface area contributed by atoms with Gasteiger partial charge >= 0.3 is 5.97 Å². The summed E-state index contributed by atoms with van der Waals surface area (Å²) in [6.07, 6.45) is 0. The number of esters is 1. The highest BCUT2D eigenvalue weighted by Gasteiger charge is 2.25. The van der Waals surface area contributed by atoms with Crippen LogP contribution in [0, 0.1) is 10.1 Å². The van der Waals surface area contributed by atoms with E-state index in [0.29, 0.717) is 0 Å². The lowest BCUT2D eigenvalue weighted by Gasteiger charge is -2.19. The smallest absolute Gasteiger partial charge is 0.325 e. The highest BCUT2D eigenvalue weighted by atomic mass is 35.5. The van der Waals surface area contributed by atoms with Gasteiger partial charge in [0.15, 0.2) is 0 Å². The number of nitrogens with zero attached hydrogens (tertiary/aromatic N) is 2. The molecule has 0 aliphatic carbocycles. The molecule has 1 amide bonds. The molecule has 0 aromatic heterocycles. The molecule has 1 aromatic carbocycles. The summed E-state index contributed by atoms with van der Waals surface area (Å²) >= 11 is 5.78. The van der Waals surface area contributed by atoms with Crippen LogP contribution in [0.5, 0.6) is 0 Å². The molecule has 0 aliphatic rings. The number of likely N-dealkylation sites (N-methyl/N-ethyl adjacent to an activating group) is 1. The Kier molecular flexibility index (Phi) is 6.10. The van der Waals surface area contributed by atoms with Crippen molar-refractivity contribution in [2.45, 2.75) is 13.8 Å². The van der Waals surface area contributed by atoms with Crippen molar-refractivity contribution in [1.82, 2.24) is 4.90 Å². The Morgan fingerprint density at radius 3 is 2.57 bits per heavy atom. The van der Waals surface area contributed by atoms with E-state index < -0.39 is 16.8 Å². The van der Waals surface area contributed by atoms with Gasteiger partial charge in [0.25, 0.3) is 11.6 Å². The van der Waals surface area contributed by atoms with Crippen molar-refractivity contribution < 1.29 is 19.2 Å². The molecule has 8 heteroatoms. The zero-order chi connectivity index (χ0) is 16.0. The Morgan fingerprint density at radius 2 is 2.05 bits per heavy atom. The molecule has 0 heterocycles. The normalized spacial score (nSPS) is 10.0. The number of nitro benzene ring substituents is 1. The second kappa shape index (κ2) is 7.58. The first-order valence-electron chi connectivity index (χ1n) is 6.29. The monoisotopic (exact) mass is 314 g/mol. The third-order valence-corrected chi connectivity index (χ3v) is 2.92. The molecule has 0 radical (unpaired) electrons. The molecule has 7 nitrogen and oxygen atoms in total. The van der Waals surface area contributed by atoms with E-state index in [0.717, 1.165) is 11.0 Å². The Hall–Kier alpha value is -2.15. The lowest BCUT2D eigenvalue weighted by Crippen LogP contribution is -2.36. The lowest BCUT2D eigenvalue weighted by atomic mass is 10.1. The maximum atomic E-state index is 12.3. The Morgan fingerprint density at radius 1 is 1.38 bits per heavy atom. The minimum absolute atomic E-state index is 0.154. The highest BCUT2D eigenvalue weighted by Crippen LogP contribution is 2.24. The number of nitro groups is 1. The van der Waals surface area contributed by atoms with Gasteiger partial charge in [-0.3, -0.25) is 19.7 Å². The quantitative estimate of drug-likeness (QED) is 0.456. The molecule has 0 saturated carbocycles. The van der Waals surface area contributed by atoms with E-state index in [9.17, 15) is 19.7 Å². The average molecular weight is 315 g/mol. The minimum Gasteiger partial charge on any atom is -0.465 e. The number of ether oxygens (including phenoxy) is 1. The van der Waals surface area contributed by atoms with Crippen LogP contribution < -0.4 is 0 Å². The number of carbonyl (C=O) groups excluding carboxylic acids is 2. The maximum absolute atomic E-state index is 12.3. The summed E-state index contributed by atoms with van der Waals surface area (Å²) in [5, 5.41) is 11.2. The van der Waals surface area contributed by atoms with Crippen molar-refractivity contribution >= 4 is 29.2 Å². The molecule has 0 aliphatic heterocycles. The van der Waals surface area contributed by atoms with Crippen LogP contribution in [0.15, 0.2) is 18.2 Å². The fraction of sp³-hybridized carbons (Fsp3) is 0.385. The maximum Gasteiger partial charge on any atom is 0.325 e. The molecule has 0 saturated heterocycles. The van der Waals surface area contributed by atoms with Gasteiger partial charge in [0.1, 0.15) is 12.1 Å². The standard InChI is InChI=1S/C13H15ClN2O5/c1-3-15(8-12(17)21-4-2)13(18)10-7-9(14)5-6-11(10)16(19)20/h5-7H,3-4,8H2,1-2H3. The molecular formula is C13H15ClN2O5. The van der Waals surface area contributed by atoms with Crippen molar-refractivity contribution in [2.75, 3.05) is 19.7 Å². The number of rotatable bonds is 6. The van der Waals surface area contributed by atoms with Crippen molar-refractivity contribution in [3.8, 4) is 0 Å². The predicted octanol–water partition coefficient (Wildman–Crippen LogP) is 2.27. The molecule has 0 fully saturated rings. The highest BCUT2D eigenvalue weighted by molar-refractivity contribution is 6.31. The fourth-order valence-corrected chi connectivity index (χ4v) is 1.87. The van der Waals surface area contributed by atoms with Gasteiger partial charge in [-0.1, -0.05) is 11.6 Å². The summed E-state index contributed by atoms with van der Waals surface area (Å²) in [5.74, 6) is -1.21. The van der Waals surface area contributed by atoms with Gasteiger partial charge in [0.05, 0.1) is 11.5 Å². The second-order valence-electron chi connectivity index (χ2n) is 4.04. The van der Waals surface area contributed by atoms with Crippen LogP contribution in [0.3, 0.4) is 0 Å². The summed E-state index contributed by atoms with van der Waals surface area (Å²) in [7, 11) is 0. The SMILES string of the molecule is CCOC(=O)CN(CC)C(=O)c1cc(Cl)ccc1[N+](=O)[O-]. The molecule has 0 bridgehead atoms. The van der Waals surface area contributed by atoms with Crippen molar-refractivity contribution in [2.24, 2.45) is 0 Å². The zero-order valence-electron chi connectivity index (χ0n) is 11.7. The minimum atomic E-state index is -0.665. The molecule has 1 rings (SSSR count). The van der Waals surface area contributed by atoms with E-state index in [1.807, 2.05) is 0 Å². The number of amides is 1. The molecule has 0 atom stereocenters. The predicted molar refractivity (Wildman–Crippen MR) is 76.3 cm³/mol. The van der Waals surface area contributed by atoms with Crippen LogP contribution in [0.25, 0.3) is 0 Å². The number of carbonyl (C=O) groups is 2. The van der Waals surface area contributed by atoms with Crippen LogP contribution in [-0.2, 0) is 9.53 Å². The number of hydrogen-bond donors (Lipinski definition) is 0. The van der Waals surface area contributed by atoms with Crippen molar-refractivity contribution in [3.63, 3.8) is 0 Å². The Balaban J connectivity index is 3.07. The zero-order valence-corrected chi connectivity index (χ0v) is 12.4. The number of benzene rings is 1. The van der Waals surface area contributed by atoms with Crippen molar-refractivity contribution in [1.29, 1.82) is 0 Å². The van der Waals surface area contributed by atoms with Gasteiger partial charge in [0, 0.05) is 17.6 Å². The van der Waals surface area contributed by atoms with Crippen LogP contribution in [0.1, 0.15) is 24.2 Å². The summed E-state index contributed by atoms with van der Waals surface area (Å²) in [5.41, 5.74) is -0.509. The third kappa shape index (κ3) is 4.42. The molecule has 1 aromatic rings. The fourth-order valence-electron chi connectivity index (χ4n) is 1.70. The lowest BCUT2D eigenvalue weighted by molar-refractivity contribution is -0.385. The van der Waals surface area contributed by atoms with Gasteiger partial charge in [-0.25, -0.2) is 0 Å². The first kappa shape index (κ1) is 16.9. The molecule has 21 heavy (non-hydrogen) atoms. The van der Waals surface area contributed by atoms with Crippen LogP contribution in [0.4, 0.5) is 5.69 Å². The third-order valence-electron chi connectivity index (χ3n) is 2.68. The van der Waals surface area contributed by atoms with Gasteiger partial charge in [-0.15, -0.1) is 0 Å². The number of halogens is 1. The summed E-state index contributed by atoms with van der Waals surface area (Å²) in [6, 6.07) is 3.71. The number of hydrogen-bond acceptors (Lipinski definition) is 5. The molecule has 0 N–H and O–H groups in total. The second-order valence-corrected chi connectivity index (χ2v) is 4.48. The summed E-state index contributed by atoms with van der Waals surface area (Å²) in [6.45, 7) is 3.45. The van der Waals surface area contributed by atoms with Gasteiger partial charge in [-0.05, 0) is 26.0 Å². The van der Waals surface area contributed by atoms with Gasteiger partial charge in [-0.2, -0.15) is 0 Å². The van der Waals surface area contributed by atoms with Gasteiger partial charge < -0.3 is 9.64 Å². The Bertz CT molecular complexity index is 561. The van der Waals surface area contributed by atoms with E-state index >= 15 is 0 Å². The largest absolute Gasteiger partial charge is 0.465 e. The van der Waals surface area contributed by atoms with E-state index in [4.69, 9.17) is 16.3 Å². The average Bonchev–Trinajstić information content (AvgIpc) is 2.43. The van der Waals surface area contributed by atoms with Crippen molar-refractivity contribution in [3.05, 3.63) is 38.9 Å².